The summed E-state index contributed by atoms with van der Waals surface area (Å²) in [7, 11) is 0. The first-order chi connectivity index (χ1) is 8.65. The SMILES string of the molecule is C[C@H]1CNCCN1CC(=O)Nc1ccc(Cl)cn1.Cl.Cl. The Morgan fingerprint density at radius 2 is 2.30 bits per heavy atom. The summed E-state index contributed by atoms with van der Waals surface area (Å²) in [6, 6.07) is 3.78. The molecule has 8 heteroatoms. The third kappa shape index (κ3) is 5.81. The number of amides is 1. The van der Waals surface area contributed by atoms with E-state index in [4.69, 9.17) is 11.6 Å². The van der Waals surface area contributed by atoms with Crippen molar-refractivity contribution in [3.05, 3.63) is 23.4 Å². The number of pyridine rings is 1. The zero-order valence-corrected chi connectivity index (χ0v) is 13.5. The largest absolute Gasteiger partial charge is 0.314 e. The number of halogens is 3. The van der Waals surface area contributed by atoms with Gasteiger partial charge in [0.15, 0.2) is 0 Å². The molecule has 114 valence electrons. The van der Waals surface area contributed by atoms with E-state index in [-0.39, 0.29) is 30.7 Å². The maximum atomic E-state index is 11.9. The Morgan fingerprint density at radius 3 is 2.90 bits per heavy atom. The van der Waals surface area contributed by atoms with Crippen LogP contribution in [0.4, 0.5) is 5.82 Å². The predicted octanol–water partition coefficient (Wildman–Crippen LogP) is 1.81. The number of carbonyl (C=O) groups excluding carboxylic acids is 1. The van der Waals surface area contributed by atoms with Crippen LogP contribution in [0.2, 0.25) is 5.02 Å². The quantitative estimate of drug-likeness (QED) is 0.880. The van der Waals surface area contributed by atoms with Gasteiger partial charge in [-0.1, -0.05) is 11.6 Å². The van der Waals surface area contributed by atoms with Crippen LogP contribution in [0.25, 0.3) is 0 Å². The molecule has 1 fully saturated rings. The summed E-state index contributed by atoms with van der Waals surface area (Å²) in [4.78, 5) is 18.1. The Labute approximate surface area is 136 Å². The van der Waals surface area contributed by atoms with Crippen LogP contribution in [0.1, 0.15) is 6.92 Å². The Hall–Kier alpha value is -0.590. The van der Waals surface area contributed by atoms with E-state index in [0.717, 1.165) is 19.6 Å². The van der Waals surface area contributed by atoms with Gasteiger partial charge in [0.2, 0.25) is 5.91 Å². The number of piperazine rings is 1. The summed E-state index contributed by atoms with van der Waals surface area (Å²) in [5.41, 5.74) is 0. The van der Waals surface area contributed by atoms with Crippen molar-refractivity contribution in [3.8, 4) is 0 Å². The number of hydrogen-bond donors (Lipinski definition) is 2. The lowest BCUT2D eigenvalue weighted by molar-refractivity contribution is -0.118. The fourth-order valence-electron chi connectivity index (χ4n) is 1.93. The first kappa shape index (κ1) is 19.4. The molecule has 1 atom stereocenters. The monoisotopic (exact) mass is 340 g/mol. The van der Waals surface area contributed by atoms with Crippen molar-refractivity contribution in [1.29, 1.82) is 0 Å². The minimum Gasteiger partial charge on any atom is -0.314 e. The molecular formula is C12H19Cl3N4O. The van der Waals surface area contributed by atoms with E-state index in [1.165, 1.54) is 6.20 Å². The van der Waals surface area contributed by atoms with Crippen LogP contribution in [-0.2, 0) is 4.79 Å². The van der Waals surface area contributed by atoms with E-state index in [1.54, 1.807) is 12.1 Å². The van der Waals surface area contributed by atoms with Gasteiger partial charge in [0.25, 0.3) is 0 Å². The summed E-state index contributed by atoms with van der Waals surface area (Å²) >= 11 is 5.73. The van der Waals surface area contributed by atoms with Crippen LogP contribution in [-0.4, -0.2) is 48.0 Å². The zero-order chi connectivity index (χ0) is 13.0. The van der Waals surface area contributed by atoms with Crippen LogP contribution < -0.4 is 10.6 Å². The first-order valence-corrected chi connectivity index (χ1v) is 6.39. The molecule has 0 aliphatic carbocycles. The van der Waals surface area contributed by atoms with Gasteiger partial charge in [-0.15, -0.1) is 24.8 Å². The molecule has 0 bridgehead atoms. The number of anilines is 1. The summed E-state index contributed by atoms with van der Waals surface area (Å²) in [6.45, 7) is 5.25. The number of aromatic nitrogens is 1. The van der Waals surface area contributed by atoms with E-state index in [9.17, 15) is 4.79 Å². The van der Waals surface area contributed by atoms with E-state index in [2.05, 4.69) is 27.4 Å². The summed E-state index contributed by atoms with van der Waals surface area (Å²) in [6.07, 6.45) is 1.52. The highest BCUT2D eigenvalue weighted by Crippen LogP contribution is 2.10. The maximum absolute atomic E-state index is 11.9. The van der Waals surface area contributed by atoms with Crippen molar-refractivity contribution >= 4 is 48.1 Å². The Bertz CT molecular complexity index is 416. The van der Waals surface area contributed by atoms with Crippen molar-refractivity contribution < 1.29 is 4.79 Å². The topological polar surface area (TPSA) is 57.3 Å². The van der Waals surface area contributed by atoms with Crippen molar-refractivity contribution in [2.45, 2.75) is 13.0 Å². The van der Waals surface area contributed by atoms with Crippen LogP contribution in [0, 0.1) is 0 Å². The molecule has 1 saturated heterocycles. The molecule has 2 rings (SSSR count). The highest BCUT2D eigenvalue weighted by Gasteiger charge is 2.20. The second-order valence-electron chi connectivity index (χ2n) is 4.43. The molecule has 0 unspecified atom stereocenters. The summed E-state index contributed by atoms with van der Waals surface area (Å²) in [5.74, 6) is 0.491. The molecule has 0 spiro atoms. The van der Waals surface area contributed by atoms with Gasteiger partial charge >= 0.3 is 0 Å². The molecule has 5 nitrogen and oxygen atoms in total. The molecule has 1 aromatic rings. The fraction of sp³-hybridized carbons (Fsp3) is 0.500. The van der Waals surface area contributed by atoms with Crippen LogP contribution in [0.3, 0.4) is 0 Å². The summed E-state index contributed by atoms with van der Waals surface area (Å²) < 4.78 is 0. The van der Waals surface area contributed by atoms with E-state index in [1.807, 2.05) is 0 Å². The van der Waals surface area contributed by atoms with Gasteiger partial charge < -0.3 is 10.6 Å². The average Bonchev–Trinajstić information content (AvgIpc) is 2.35. The second kappa shape index (κ2) is 9.37. The number of hydrogen-bond acceptors (Lipinski definition) is 4. The fourth-order valence-corrected chi connectivity index (χ4v) is 2.05. The number of rotatable bonds is 3. The van der Waals surface area contributed by atoms with Crippen LogP contribution in [0.15, 0.2) is 18.3 Å². The highest BCUT2D eigenvalue weighted by molar-refractivity contribution is 6.30. The average molecular weight is 342 g/mol. The molecule has 1 aromatic heterocycles. The Kier molecular flexibility index (Phi) is 9.09. The van der Waals surface area contributed by atoms with Crippen molar-refractivity contribution in [2.24, 2.45) is 0 Å². The predicted molar refractivity (Wildman–Crippen MR) is 86.3 cm³/mol. The third-order valence-electron chi connectivity index (χ3n) is 2.98. The van der Waals surface area contributed by atoms with Crippen molar-refractivity contribution in [3.63, 3.8) is 0 Å². The minimum atomic E-state index is -0.0430. The minimum absolute atomic E-state index is 0. The van der Waals surface area contributed by atoms with Crippen LogP contribution >= 0.6 is 36.4 Å². The van der Waals surface area contributed by atoms with E-state index < -0.39 is 0 Å². The molecule has 1 aliphatic heterocycles. The van der Waals surface area contributed by atoms with E-state index >= 15 is 0 Å². The maximum Gasteiger partial charge on any atom is 0.239 e. The van der Waals surface area contributed by atoms with Gasteiger partial charge in [0.05, 0.1) is 11.6 Å². The molecule has 2 N–H and O–H groups in total. The molecule has 0 radical (unpaired) electrons. The van der Waals surface area contributed by atoms with Gasteiger partial charge in [0.1, 0.15) is 5.82 Å². The Morgan fingerprint density at radius 1 is 1.55 bits per heavy atom. The molecule has 2 heterocycles. The molecule has 1 aliphatic rings. The lowest BCUT2D eigenvalue weighted by Gasteiger charge is -2.33. The van der Waals surface area contributed by atoms with E-state index in [0.29, 0.717) is 23.4 Å². The number of nitrogens with one attached hydrogen (secondary N) is 2. The highest BCUT2D eigenvalue weighted by atomic mass is 35.5. The molecule has 0 saturated carbocycles. The van der Waals surface area contributed by atoms with Gasteiger partial charge in [-0.25, -0.2) is 4.98 Å². The van der Waals surface area contributed by atoms with Gasteiger partial charge in [-0.2, -0.15) is 0 Å². The van der Waals surface area contributed by atoms with Gasteiger partial charge in [0, 0.05) is 31.9 Å². The lowest BCUT2D eigenvalue weighted by Crippen LogP contribution is -2.52. The molecule has 1 amide bonds. The summed E-state index contributed by atoms with van der Waals surface area (Å²) in [5, 5.41) is 6.62. The van der Waals surface area contributed by atoms with Gasteiger partial charge in [-0.05, 0) is 19.1 Å². The third-order valence-corrected chi connectivity index (χ3v) is 3.20. The smallest absolute Gasteiger partial charge is 0.239 e. The van der Waals surface area contributed by atoms with Crippen molar-refractivity contribution in [2.75, 3.05) is 31.5 Å². The van der Waals surface area contributed by atoms with Crippen LogP contribution in [0.5, 0.6) is 0 Å². The first-order valence-electron chi connectivity index (χ1n) is 6.01. The normalized spacial score (nSPS) is 18.6. The molecule has 20 heavy (non-hydrogen) atoms. The lowest BCUT2D eigenvalue weighted by atomic mass is 10.2. The van der Waals surface area contributed by atoms with Gasteiger partial charge in [-0.3, -0.25) is 9.69 Å². The number of nitrogens with zero attached hydrogens (tertiary/aromatic N) is 2. The zero-order valence-electron chi connectivity index (χ0n) is 11.1. The Balaban J connectivity index is 0.00000180. The molecular weight excluding hydrogens is 323 g/mol. The van der Waals surface area contributed by atoms with Crippen molar-refractivity contribution in [1.82, 2.24) is 15.2 Å². The number of carbonyl (C=O) groups is 1. The molecule has 0 aromatic carbocycles. The standard InChI is InChI=1S/C12H17ClN4O.2ClH/c1-9-6-14-4-5-17(9)8-12(18)16-11-3-2-10(13)7-15-11;;/h2-3,7,9,14H,4-6,8H2,1H3,(H,15,16,18);2*1H/t9-;;/m0../s1. The second-order valence-corrected chi connectivity index (χ2v) is 4.87.